The van der Waals surface area contributed by atoms with Gasteiger partial charge in [-0.15, -0.1) is 11.3 Å². The molecule has 190 valence electrons. The largest absolute Gasteiger partial charge is 0.478 e. The van der Waals surface area contributed by atoms with Crippen LogP contribution in [0.2, 0.25) is 0 Å². The van der Waals surface area contributed by atoms with Crippen molar-refractivity contribution in [1.82, 2.24) is 15.2 Å². The fourth-order valence-electron chi connectivity index (χ4n) is 3.88. The number of rotatable bonds is 9. The number of hydrogen-bond acceptors (Lipinski definition) is 7. The number of aliphatic carboxylic acids is 1. The second-order valence-electron chi connectivity index (χ2n) is 8.54. The number of nitrogens with one attached hydrogen (secondary N) is 1. The highest BCUT2D eigenvalue weighted by Gasteiger charge is 2.21. The Bertz CT molecular complexity index is 1440. The van der Waals surface area contributed by atoms with Gasteiger partial charge in [0.25, 0.3) is 0 Å². The molecule has 4 rings (SSSR count). The van der Waals surface area contributed by atoms with Gasteiger partial charge in [0.05, 0.1) is 34.3 Å². The second kappa shape index (κ2) is 11.1. The summed E-state index contributed by atoms with van der Waals surface area (Å²) in [5.41, 5.74) is 2.36. The lowest BCUT2D eigenvalue weighted by Gasteiger charge is -2.26. The van der Waals surface area contributed by atoms with Gasteiger partial charge in [-0.05, 0) is 80.2 Å². The summed E-state index contributed by atoms with van der Waals surface area (Å²) in [6.07, 6.45) is 10.5. The monoisotopic (exact) mass is 517 g/mol. The summed E-state index contributed by atoms with van der Waals surface area (Å²) < 4.78 is 5.73. The third-order valence-corrected chi connectivity index (χ3v) is 6.87. The van der Waals surface area contributed by atoms with Gasteiger partial charge in [0, 0.05) is 23.8 Å². The normalized spacial score (nSPS) is 15.8. The maximum Gasteiger partial charge on any atom is 0.335 e. The molecule has 0 aromatic carbocycles. The number of nitrogens with zero attached hydrogens (tertiary/aromatic N) is 2. The van der Waals surface area contributed by atoms with Gasteiger partial charge in [0.15, 0.2) is 0 Å². The van der Waals surface area contributed by atoms with Crippen LogP contribution in [0.15, 0.2) is 88.8 Å². The van der Waals surface area contributed by atoms with E-state index >= 15 is 0 Å². The zero-order valence-electron chi connectivity index (χ0n) is 20.6. The first-order valence-corrected chi connectivity index (χ1v) is 12.4. The maximum absolute atomic E-state index is 11.8. The second-order valence-corrected chi connectivity index (χ2v) is 9.63. The zero-order valence-corrected chi connectivity index (χ0v) is 21.5. The third kappa shape index (κ3) is 6.25. The number of thiophene rings is 1. The lowest BCUT2D eigenvalue weighted by molar-refractivity contribution is -0.132. The molecule has 0 bridgehead atoms. The van der Waals surface area contributed by atoms with Gasteiger partial charge >= 0.3 is 11.9 Å². The van der Waals surface area contributed by atoms with E-state index < -0.39 is 18.0 Å². The molecule has 9 heteroatoms. The molecular weight excluding hydrogens is 490 g/mol. The summed E-state index contributed by atoms with van der Waals surface area (Å²) in [4.78, 5) is 31.5. The highest BCUT2D eigenvalue weighted by molar-refractivity contribution is 7.16. The Morgan fingerprint density at radius 3 is 2.68 bits per heavy atom. The van der Waals surface area contributed by atoms with E-state index in [1.807, 2.05) is 62.3 Å². The topological polar surface area (TPSA) is 116 Å². The standard InChI is InChI=1S/C28H27N3O5S/c1-4-18(25-7-8-26(37-25)24-6-5-17(2)36-24)10-12-31(3)16-21-13-20(28(34)35)15-23(30-21)22-14-19(27(32)33)9-11-29-22/h4-15,23,30H,16H2,1-3H3,(H,32,33)(H,34,35)/b12-10-,18-4+. The van der Waals surface area contributed by atoms with E-state index in [9.17, 15) is 19.8 Å². The van der Waals surface area contributed by atoms with E-state index in [1.165, 1.54) is 24.4 Å². The van der Waals surface area contributed by atoms with E-state index in [1.54, 1.807) is 17.4 Å². The molecule has 0 saturated carbocycles. The van der Waals surface area contributed by atoms with Crippen LogP contribution in [0.5, 0.6) is 0 Å². The molecule has 3 N–H and O–H groups in total. The molecule has 3 aromatic rings. The number of carboxylic acids is 2. The fourth-order valence-corrected chi connectivity index (χ4v) is 4.90. The summed E-state index contributed by atoms with van der Waals surface area (Å²) in [7, 11) is 1.90. The van der Waals surface area contributed by atoms with Gasteiger partial charge in [-0.25, -0.2) is 9.59 Å². The number of hydrogen-bond donors (Lipinski definition) is 3. The lowest BCUT2D eigenvalue weighted by atomic mass is 10.0. The average Bonchev–Trinajstić information content (AvgIpc) is 3.53. The Morgan fingerprint density at radius 1 is 1.19 bits per heavy atom. The molecule has 1 unspecified atom stereocenters. The van der Waals surface area contributed by atoms with Crippen LogP contribution in [0, 0.1) is 6.92 Å². The van der Waals surface area contributed by atoms with E-state index in [2.05, 4.69) is 16.4 Å². The number of aromatic carboxylic acids is 1. The molecule has 1 aliphatic heterocycles. The molecule has 8 nitrogen and oxygen atoms in total. The first-order chi connectivity index (χ1) is 17.7. The Hall–Kier alpha value is -4.37. The summed E-state index contributed by atoms with van der Waals surface area (Å²) in [5.74, 6) is -0.412. The number of likely N-dealkylation sites (N-methyl/N-ethyl adjacent to an activating group) is 1. The van der Waals surface area contributed by atoms with Crippen molar-refractivity contribution >= 4 is 28.8 Å². The van der Waals surface area contributed by atoms with Crippen molar-refractivity contribution in [3.05, 3.63) is 106 Å². The van der Waals surface area contributed by atoms with Crippen molar-refractivity contribution in [2.45, 2.75) is 19.9 Å². The number of aryl methyl sites for hydroxylation is 1. The minimum atomic E-state index is -1.07. The molecule has 0 amide bonds. The van der Waals surface area contributed by atoms with Crippen molar-refractivity contribution in [2.24, 2.45) is 0 Å². The number of dihydropyridines is 1. The van der Waals surface area contributed by atoms with Crippen LogP contribution in [0.1, 0.15) is 39.7 Å². The van der Waals surface area contributed by atoms with Crippen LogP contribution in [0.4, 0.5) is 0 Å². The molecule has 0 aliphatic carbocycles. The molecule has 0 spiro atoms. The van der Waals surface area contributed by atoms with E-state index in [0.29, 0.717) is 17.9 Å². The fraction of sp³-hybridized carbons (Fsp3) is 0.179. The maximum atomic E-state index is 11.8. The third-order valence-electron chi connectivity index (χ3n) is 5.72. The molecule has 0 radical (unpaired) electrons. The van der Waals surface area contributed by atoms with Gasteiger partial charge in [0.2, 0.25) is 0 Å². The number of carbonyl (C=O) groups is 2. The molecule has 4 heterocycles. The molecule has 0 fully saturated rings. The predicted molar refractivity (Wildman–Crippen MR) is 143 cm³/mol. The minimum absolute atomic E-state index is 0.0889. The van der Waals surface area contributed by atoms with Crippen molar-refractivity contribution in [1.29, 1.82) is 0 Å². The van der Waals surface area contributed by atoms with E-state index in [-0.39, 0.29) is 11.1 Å². The van der Waals surface area contributed by atoms with Gasteiger partial charge in [-0.3, -0.25) is 4.98 Å². The molecule has 37 heavy (non-hydrogen) atoms. The first kappa shape index (κ1) is 25.7. The quantitative estimate of drug-likeness (QED) is 0.319. The summed E-state index contributed by atoms with van der Waals surface area (Å²) >= 11 is 1.65. The molecule has 1 aliphatic rings. The number of pyridine rings is 1. The van der Waals surface area contributed by atoms with Crippen LogP contribution in [-0.2, 0) is 4.79 Å². The number of aromatic nitrogens is 1. The van der Waals surface area contributed by atoms with Crippen LogP contribution >= 0.6 is 11.3 Å². The van der Waals surface area contributed by atoms with E-state index in [0.717, 1.165) is 26.8 Å². The molecule has 0 saturated heterocycles. The van der Waals surface area contributed by atoms with Crippen LogP contribution < -0.4 is 5.32 Å². The summed E-state index contributed by atoms with van der Waals surface area (Å²) in [6.45, 7) is 4.31. The predicted octanol–water partition coefficient (Wildman–Crippen LogP) is 5.50. The zero-order chi connectivity index (χ0) is 26.5. The molecule has 3 aromatic heterocycles. The van der Waals surface area contributed by atoms with Crippen molar-refractivity contribution < 1.29 is 24.2 Å². The molecular formula is C28H27N3O5S. The Morgan fingerprint density at radius 2 is 2.00 bits per heavy atom. The van der Waals surface area contributed by atoms with Gasteiger partial charge in [-0.1, -0.05) is 6.08 Å². The lowest BCUT2D eigenvalue weighted by Crippen LogP contribution is -2.30. The minimum Gasteiger partial charge on any atom is -0.478 e. The van der Waals surface area contributed by atoms with Gasteiger partial charge in [-0.2, -0.15) is 0 Å². The van der Waals surface area contributed by atoms with Gasteiger partial charge in [0.1, 0.15) is 11.5 Å². The Kier molecular flexibility index (Phi) is 7.74. The smallest absolute Gasteiger partial charge is 0.335 e. The van der Waals surface area contributed by atoms with Crippen molar-refractivity contribution in [2.75, 3.05) is 13.6 Å². The highest BCUT2D eigenvalue weighted by atomic mass is 32.1. The Balaban J connectivity index is 1.47. The summed E-state index contributed by atoms with van der Waals surface area (Å²) in [5, 5.41) is 22.2. The Labute approximate surface area is 218 Å². The number of furan rings is 1. The van der Waals surface area contributed by atoms with Gasteiger partial charge < -0.3 is 24.8 Å². The highest BCUT2D eigenvalue weighted by Crippen LogP contribution is 2.33. The SMILES string of the molecule is C/C=C(\C=C/N(C)CC1=CC(C(=O)O)=CC(c2cc(C(=O)O)ccn2)N1)c1ccc(-c2ccc(C)o2)s1. The molecule has 1 atom stereocenters. The first-order valence-electron chi connectivity index (χ1n) is 11.6. The van der Waals surface area contributed by atoms with Crippen LogP contribution in [0.3, 0.4) is 0 Å². The van der Waals surface area contributed by atoms with Crippen LogP contribution in [0.25, 0.3) is 16.2 Å². The van der Waals surface area contributed by atoms with Crippen molar-refractivity contribution in [3.8, 4) is 10.6 Å². The number of carboxylic acid groups (broad SMARTS) is 2. The average molecular weight is 518 g/mol. The number of allylic oxidation sites excluding steroid dienone is 3. The van der Waals surface area contributed by atoms with E-state index in [4.69, 9.17) is 4.42 Å². The van der Waals surface area contributed by atoms with Crippen molar-refractivity contribution in [3.63, 3.8) is 0 Å². The summed E-state index contributed by atoms with van der Waals surface area (Å²) in [6, 6.07) is 10.3. The van der Waals surface area contributed by atoms with Crippen LogP contribution in [-0.4, -0.2) is 45.6 Å².